The molecule has 0 atom stereocenters. The Bertz CT molecular complexity index is 673. The highest BCUT2D eigenvalue weighted by molar-refractivity contribution is 5.95. The summed E-state index contributed by atoms with van der Waals surface area (Å²) in [4.78, 5) is 18.5. The van der Waals surface area contributed by atoms with Gasteiger partial charge in [-0.15, -0.1) is 0 Å². The molecule has 0 bridgehead atoms. The maximum Gasteiger partial charge on any atom is 0.160 e. The van der Waals surface area contributed by atoms with Crippen LogP contribution in [-0.4, -0.2) is 10.8 Å². The van der Waals surface area contributed by atoms with Gasteiger partial charge in [0.2, 0.25) is 0 Å². The number of carbonyl (C=O) groups is 1. The van der Waals surface area contributed by atoms with Crippen LogP contribution in [0.5, 0.6) is 0 Å². The van der Waals surface area contributed by atoms with Crippen LogP contribution in [0.1, 0.15) is 11.1 Å². The summed E-state index contributed by atoms with van der Waals surface area (Å²) in [5.41, 5.74) is 10.6. The van der Waals surface area contributed by atoms with Crippen LogP contribution in [0.3, 0.4) is 0 Å². The molecule has 1 aromatic heterocycles. The Morgan fingerprint density at radius 3 is 3.00 bits per heavy atom. The summed E-state index contributed by atoms with van der Waals surface area (Å²) in [6.07, 6.45) is 6.89. The Labute approximate surface area is 116 Å². The van der Waals surface area contributed by atoms with Gasteiger partial charge in [0.1, 0.15) is 0 Å². The van der Waals surface area contributed by atoms with Crippen molar-refractivity contribution in [3.63, 3.8) is 0 Å². The van der Waals surface area contributed by atoms with Gasteiger partial charge in [0, 0.05) is 29.4 Å². The molecule has 5 nitrogen and oxygen atoms in total. The van der Waals surface area contributed by atoms with Crippen molar-refractivity contribution >= 4 is 17.5 Å². The maximum absolute atomic E-state index is 11.8. The summed E-state index contributed by atoms with van der Waals surface area (Å²) < 4.78 is 0. The molecule has 0 amide bonds. The molecule has 2 aromatic rings. The lowest BCUT2D eigenvalue weighted by Crippen LogP contribution is -1.98. The molecular formula is C15H12N4O. The number of allylic oxidation sites excluding steroid dienone is 1. The van der Waals surface area contributed by atoms with Crippen molar-refractivity contribution in [3.05, 3.63) is 76.4 Å². The van der Waals surface area contributed by atoms with Crippen molar-refractivity contribution in [2.75, 3.05) is 0 Å². The third kappa shape index (κ3) is 4.08. The molecule has 0 spiro atoms. The molecule has 0 aliphatic rings. The first-order valence-corrected chi connectivity index (χ1v) is 6.03. The highest BCUT2D eigenvalue weighted by atomic mass is 16.1. The smallest absolute Gasteiger partial charge is 0.160 e. The average Bonchev–Trinajstić information content (AvgIpc) is 2.47. The van der Waals surface area contributed by atoms with Gasteiger partial charge in [-0.05, 0) is 34.9 Å². The standard InChI is InChI=1S/C15H12N4O/c16-19-18-14-5-1-3-12(9-14)6-7-15(20)10-13-4-2-8-17-11-13/h1-9,11H,10H2. The molecule has 0 unspecified atom stereocenters. The van der Waals surface area contributed by atoms with E-state index in [-0.39, 0.29) is 5.78 Å². The minimum atomic E-state index is -0.00723. The van der Waals surface area contributed by atoms with E-state index < -0.39 is 0 Å². The van der Waals surface area contributed by atoms with Crippen LogP contribution in [-0.2, 0) is 11.2 Å². The van der Waals surface area contributed by atoms with E-state index >= 15 is 0 Å². The summed E-state index contributed by atoms with van der Waals surface area (Å²) >= 11 is 0. The second-order valence-electron chi connectivity index (χ2n) is 4.12. The molecule has 0 saturated heterocycles. The maximum atomic E-state index is 11.8. The number of hydrogen-bond acceptors (Lipinski definition) is 3. The summed E-state index contributed by atoms with van der Waals surface area (Å²) in [7, 11) is 0. The van der Waals surface area contributed by atoms with E-state index in [1.54, 1.807) is 42.7 Å². The van der Waals surface area contributed by atoms with Crippen molar-refractivity contribution in [2.24, 2.45) is 5.11 Å². The number of azide groups is 1. The SMILES string of the molecule is [N-]=[N+]=Nc1cccc(C=CC(=O)Cc2cccnc2)c1. The normalized spacial score (nSPS) is 10.2. The predicted octanol–water partition coefficient (Wildman–Crippen LogP) is 3.85. The molecular weight excluding hydrogens is 252 g/mol. The summed E-state index contributed by atoms with van der Waals surface area (Å²) in [5, 5.41) is 3.52. The van der Waals surface area contributed by atoms with Crippen LogP contribution in [0, 0.1) is 0 Å². The van der Waals surface area contributed by atoms with E-state index in [2.05, 4.69) is 15.0 Å². The van der Waals surface area contributed by atoms with E-state index in [4.69, 9.17) is 5.53 Å². The quantitative estimate of drug-likeness (QED) is 0.356. The van der Waals surface area contributed by atoms with Crippen molar-refractivity contribution in [3.8, 4) is 0 Å². The lowest BCUT2D eigenvalue weighted by atomic mass is 10.1. The highest BCUT2D eigenvalue weighted by Crippen LogP contribution is 2.15. The molecule has 20 heavy (non-hydrogen) atoms. The lowest BCUT2D eigenvalue weighted by molar-refractivity contribution is -0.113. The molecule has 1 heterocycles. The number of rotatable bonds is 5. The first kappa shape index (κ1) is 13.5. The zero-order chi connectivity index (χ0) is 14.2. The Hall–Kier alpha value is -2.91. The molecule has 0 aliphatic carbocycles. The van der Waals surface area contributed by atoms with E-state index in [0.29, 0.717) is 12.1 Å². The van der Waals surface area contributed by atoms with Crippen LogP contribution in [0.15, 0.2) is 60.0 Å². The predicted molar refractivity (Wildman–Crippen MR) is 77.2 cm³/mol. The number of nitrogens with zero attached hydrogens (tertiary/aromatic N) is 4. The monoisotopic (exact) mass is 264 g/mol. The van der Waals surface area contributed by atoms with E-state index in [9.17, 15) is 4.79 Å². The van der Waals surface area contributed by atoms with E-state index in [1.807, 2.05) is 12.1 Å². The minimum Gasteiger partial charge on any atom is -0.294 e. The van der Waals surface area contributed by atoms with Crippen LogP contribution in [0.4, 0.5) is 5.69 Å². The van der Waals surface area contributed by atoms with Crippen LogP contribution >= 0.6 is 0 Å². The zero-order valence-corrected chi connectivity index (χ0v) is 10.7. The molecule has 0 N–H and O–H groups in total. The van der Waals surface area contributed by atoms with Gasteiger partial charge < -0.3 is 0 Å². The lowest BCUT2D eigenvalue weighted by Gasteiger charge is -1.97. The number of hydrogen-bond donors (Lipinski definition) is 0. The van der Waals surface area contributed by atoms with Gasteiger partial charge in [-0.2, -0.15) is 0 Å². The van der Waals surface area contributed by atoms with Crippen molar-refractivity contribution in [1.82, 2.24) is 4.98 Å². The second-order valence-corrected chi connectivity index (χ2v) is 4.12. The molecule has 0 fully saturated rings. The Balaban J connectivity index is 2.03. The third-order valence-corrected chi connectivity index (χ3v) is 2.59. The van der Waals surface area contributed by atoms with Crippen LogP contribution < -0.4 is 0 Å². The van der Waals surface area contributed by atoms with Crippen molar-refractivity contribution in [2.45, 2.75) is 6.42 Å². The first-order chi connectivity index (χ1) is 9.78. The minimum absolute atomic E-state index is 0.00723. The van der Waals surface area contributed by atoms with Gasteiger partial charge in [-0.1, -0.05) is 35.5 Å². The molecule has 0 saturated carbocycles. The summed E-state index contributed by atoms with van der Waals surface area (Å²) in [5.74, 6) is -0.00723. The molecule has 1 aromatic carbocycles. The number of benzene rings is 1. The van der Waals surface area contributed by atoms with Gasteiger partial charge in [0.25, 0.3) is 0 Å². The van der Waals surface area contributed by atoms with Crippen molar-refractivity contribution in [1.29, 1.82) is 0 Å². The Morgan fingerprint density at radius 1 is 1.35 bits per heavy atom. The largest absolute Gasteiger partial charge is 0.294 e. The summed E-state index contributed by atoms with van der Waals surface area (Å²) in [6.45, 7) is 0. The Kier molecular flexibility index (Phi) is 4.65. The van der Waals surface area contributed by atoms with Gasteiger partial charge in [0.15, 0.2) is 5.78 Å². The van der Waals surface area contributed by atoms with E-state index in [0.717, 1.165) is 11.1 Å². The van der Waals surface area contributed by atoms with Crippen LogP contribution in [0.2, 0.25) is 0 Å². The fourth-order valence-corrected chi connectivity index (χ4v) is 1.69. The second kappa shape index (κ2) is 6.87. The number of ketones is 1. The van der Waals surface area contributed by atoms with Gasteiger partial charge in [0.05, 0.1) is 0 Å². The summed E-state index contributed by atoms with van der Waals surface area (Å²) in [6, 6.07) is 10.7. The molecule has 2 rings (SSSR count). The van der Waals surface area contributed by atoms with Crippen molar-refractivity contribution < 1.29 is 4.79 Å². The molecule has 98 valence electrons. The molecule has 5 heteroatoms. The number of pyridine rings is 1. The Morgan fingerprint density at radius 2 is 2.25 bits per heavy atom. The zero-order valence-electron chi connectivity index (χ0n) is 10.7. The number of carbonyl (C=O) groups excluding carboxylic acids is 1. The average molecular weight is 264 g/mol. The fraction of sp³-hybridized carbons (Fsp3) is 0.0667. The number of aromatic nitrogens is 1. The molecule has 0 radical (unpaired) electrons. The van der Waals surface area contributed by atoms with Gasteiger partial charge >= 0.3 is 0 Å². The van der Waals surface area contributed by atoms with Gasteiger partial charge in [-0.25, -0.2) is 0 Å². The highest BCUT2D eigenvalue weighted by Gasteiger charge is 1.99. The fourth-order valence-electron chi connectivity index (χ4n) is 1.69. The van der Waals surface area contributed by atoms with Crippen LogP contribution in [0.25, 0.3) is 16.5 Å². The molecule has 0 aliphatic heterocycles. The first-order valence-electron chi connectivity index (χ1n) is 6.03. The third-order valence-electron chi connectivity index (χ3n) is 2.59. The topological polar surface area (TPSA) is 78.7 Å². The van der Waals surface area contributed by atoms with Gasteiger partial charge in [-0.3, -0.25) is 9.78 Å². The van der Waals surface area contributed by atoms with E-state index in [1.165, 1.54) is 6.08 Å².